The van der Waals surface area contributed by atoms with Gasteiger partial charge >= 0.3 is 0 Å². The highest BCUT2D eigenvalue weighted by molar-refractivity contribution is 5.02. The summed E-state index contributed by atoms with van der Waals surface area (Å²) < 4.78 is 0. The number of hydrogen-bond acceptors (Lipinski definition) is 3. The van der Waals surface area contributed by atoms with Crippen molar-refractivity contribution in [2.45, 2.75) is 32.2 Å². The third-order valence-electron chi connectivity index (χ3n) is 3.38. The van der Waals surface area contributed by atoms with Gasteiger partial charge in [0.1, 0.15) is 0 Å². The second-order valence-corrected chi connectivity index (χ2v) is 4.20. The molecule has 3 heteroatoms. The van der Waals surface area contributed by atoms with Gasteiger partial charge in [-0.15, -0.1) is 5.92 Å². The summed E-state index contributed by atoms with van der Waals surface area (Å²) in [4.78, 5) is 2.47. The van der Waals surface area contributed by atoms with Crippen molar-refractivity contribution in [1.29, 1.82) is 0 Å². The Morgan fingerprint density at radius 1 is 1.40 bits per heavy atom. The third kappa shape index (κ3) is 3.49. The van der Waals surface area contributed by atoms with E-state index >= 15 is 0 Å². The van der Waals surface area contributed by atoms with Crippen LogP contribution in [0, 0.1) is 11.8 Å². The van der Waals surface area contributed by atoms with Crippen molar-refractivity contribution >= 4 is 0 Å². The predicted molar refractivity (Wildman–Crippen MR) is 64.6 cm³/mol. The molecule has 1 aliphatic rings. The molecule has 1 saturated heterocycles. The molecule has 0 radical (unpaired) electrons. The molecule has 0 amide bonds. The largest absolute Gasteiger partial charge is 0.329 e. The lowest BCUT2D eigenvalue weighted by molar-refractivity contribution is 0.148. The summed E-state index contributed by atoms with van der Waals surface area (Å²) in [6.07, 6.45) is 2.28. The maximum Gasteiger partial charge on any atom is 0.0581 e. The van der Waals surface area contributed by atoms with Gasteiger partial charge in [-0.2, -0.15) is 0 Å². The minimum absolute atomic E-state index is 0.134. The van der Waals surface area contributed by atoms with E-state index in [4.69, 9.17) is 5.73 Å². The fraction of sp³-hybridized carbons (Fsp3) is 0.833. The van der Waals surface area contributed by atoms with Gasteiger partial charge in [-0.25, -0.2) is 0 Å². The van der Waals surface area contributed by atoms with Crippen LogP contribution in [-0.4, -0.2) is 43.2 Å². The number of likely N-dealkylation sites (tertiary alicyclic amines) is 1. The minimum atomic E-state index is 0.134. The van der Waals surface area contributed by atoms with Gasteiger partial charge in [0.2, 0.25) is 0 Å². The lowest BCUT2D eigenvalue weighted by atomic mass is 9.87. The molecule has 3 N–H and O–H groups in total. The Morgan fingerprint density at radius 2 is 2.07 bits per heavy atom. The van der Waals surface area contributed by atoms with Gasteiger partial charge in [-0.05, 0) is 39.4 Å². The fourth-order valence-corrected chi connectivity index (χ4v) is 2.07. The SMILES string of the molecule is CC#CCNC1(CN)CCN(CC)CC1. The molecule has 0 bridgehead atoms. The molecule has 1 aliphatic heterocycles. The lowest BCUT2D eigenvalue weighted by Crippen LogP contribution is -2.57. The first-order valence-electron chi connectivity index (χ1n) is 5.83. The lowest BCUT2D eigenvalue weighted by Gasteiger charge is -2.41. The molecule has 1 heterocycles. The molecular formula is C12H23N3. The first kappa shape index (κ1) is 12.5. The predicted octanol–water partition coefficient (Wildman–Crippen LogP) is 0.413. The highest BCUT2D eigenvalue weighted by Crippen LogP contribution is 2.20. The van der Waals surface area contributed by atoms with Gasteiger partial charge in [-0.1, -0.05) is 12.8 Å². The highest BCUT2D eigenvalue weighted by Gasteiger charge is 2.31. The number of piperidine rings is 1. The summed E-state index contributed by atoms with van der Waals surface area (Å²) in [5.41, 5.74) is 6.01. The maximum atomic E-state index is 5.88. The molecule has 1 rings (SSSR count). The van der Waals surface area contributed by atoms with Crippen LogP contribution in [0.5, 0.6) is 0 Å². The van der Waals surface area contributed by atoms with Crippen LogP contribution in [0.15, 0.2) is 0 Å². The zero-order chi connectivity index (χ0) is 11.1. The molecule has 15 heavy (non-hydrogen) atoms. The van der Waals surface area contributed by atoms with Gasteiger partial charge in [0.15, 0.2) is 0 Å². The minimum Gasteiger partial charge on any atom is -0.329 e. The maximum absolute atomic E-state index is 5.88. The number of rotatable bonds is 4. The molecule has 0 atom stereocenters. The van der Waals surface area contributed by atoms with Crippen LogP contribution in [-0.2, 0) is 0 Å². The summed E-state index contributed by atoms with van der Waals surface area (Å²) in [6.45, 7) is 9.02. The molecule has 0 aromatic heterocycles. The molecule has 0 aromatic carbocycles. The van der Waals surface area contributed by atoms with E-state index in [-0.39, 0.29) is 5.54 Å². The van der Waals surface area contributed by atoms with E-state index in [1.165, 1.54) is 0 Å². The van der Waals surface area contributed by atoms with Crippen LogP contribution in [0.1, 0.15) is 26.7 Å². The van der Waals surface area contributed by atoms with Crippen LogP contribution >= 0.6 is 0 Å². The summed E-state index contributed by atoms with van der Waals surface area (Å²) in [5, 5.41) is 3.51. The van der Waals surface area contributed by atoms with Crippen LogP contribution in [0.25, 0.3) is 0 Å². The summed E-state index contributed by atoms with van der Waals surface area (Å²) >= 11 is 0. The molecule has 1 fully saturated rings. The fourth-order valence-electron chi connectivity index (χ4n) is 2.07. The topological polar surface area (TPSA) is 41.3 Å². The van der Waals surface area contributed by atoms with E-state index in [2.05, 4.69) is 29.0 Å². The van der Waals surface area contributed by atoms with E-state index < -0.39 is 0 Å². The molecule has 0 aromatic rings. The summed E-state index contributed by atoms with van der Waals surface area (Å²) in [5.74, 6) is 5.95. The molecule has 0 saturated carbocycles. The number of hydrogen-bond donors (Lipinski definition) is 2. The van der Waals surface area contributed by atoms with Crippen LogP contribution in [0.3, 0.4) is 0 Å². The van der Waals surface area contributed by atoms with Crippen LogP contribution in [0.2, 0.25) is 0 Å². The Hall–Kier alpha value is -0.560. The quantitative estimate of drug-likeness (QED) is 0.659. The van der Waals surface area contributed by atoms with Crippen molar-refractivity contribution in [3.8, 4) is 11.8 Å². The highest BCUT2D eigenvalue weighted by atomic mass is 15.2. The normalized spacial score (nSPS) is 20.7. The second kappa shape index (κ2) is 6.12. The standard InChI is InChI=1S/C12H23N3/c1-3-5-8-14-12(11-13)6-9-15(4-2)10-7-12/h14H,4,6-11,13H2,1-2H3. The molecular weight excluding hydrogens is 186 g/mol. The average molecular weight is 209 g/mol. The zero-order valence-electron chi connectivity index (χ0n) is 9.97. The van der Waals surface area contributed by atoms with Gasteiger partial charge in [0.25, 0.3) is 0 Å². The number of nitrogens with one attached hydrogen (secondary N) is 1. The average Bonchev–Trinajstić information content (AvgIpc) is 2.30. The van der Waals surface area contributed by atoms with Gasteiger partial charge in [-0.3, -0.25) is 5.32 Å². The number of nitrogens with zero attached hydrogens (tertiary/aromatic N) is 1. The van der Waals surface area contributed by atoms with E-state index in [1.807, 2.05) is 6.92 Å². The van der Waals surface area contributed by atoms with Gasteiger partial charge in [0.05, 0.1) is 6.54 Å². The van der Waals surface area contributed by atoms with E-state index in [0.29, 0.717) is 0 Å². The van der Waals surface area contributed by atoms with Crippen molar-refractivity contribution in [3.63, 3.8) is 0 Å². The van der Waals surface area contributed by atoms with Crippen molar-refractivity contribution in [2.24, 2.45) is 5.73 Å². The van der Waals surface area contributed by atoms with Crippen LogP contribution < -0.4 is 11.1 Å². The first-order valence-corrected chi connectivity index (χ1v) is 5.83. The number of nitrogens with two attached hydrogens (primary N) is 1. The Labute approximate surface area is 93.4 Å². The Bertz CT molecular complexity index is 231. The molecule has 0 aliphatic carbocycles. The van der Waals surface area contributed by atoms with Crippen molar-refractivity contribution in [3.05, 3.63) is 0 Å². The molecule has 0 spiro atoms. The Morgan fingerprint density at radius 3 is 2.53 bits per heavy atom. The third-order valence-corrected chi connectivity index (χ3v) is 3.38. The van der Waals surface area contributed by atoms with Gasteiger partial charge in [0, 0.05) is 12.1 Å². The summed E-state index contributed by atoms with van der Waals surface area (Å²) in [7, 11) is 0. The Kier molecular flexibility index (Phi) is 5.10. The molecule has 3 nitrogen and oxygen atoms in total. The van der Waals surface area contributed by atoms with E-state index in [0.717, 1.165) is 45.6 Å². The van der Waals surface area contributed by atoms with Crippen molar-refractivity contribution in [1.82, 2.24) is 10.2 Å². The summed E-state index contributed by atoms with van der Waals surface area (Å²) in [6, 6.07) is 0. The van der Waals surface area contributed by atoms with E-state index in [9.17, 15) is 0 Å². The zero-order valence-corrected chi connectivity index (χ0v) is 9.97. The molecule has 0 unspecified atom stereocenters. The monoisotopic (exact) mass is 209 g/mol. The second-order valence-electron chi connectivity index (χ2n) is 4.20. The molecule has 86 valence electrons. The van der Waals surface area contributed by atoms with Crippen molar-refractivity contribution < 1.29 is 0 Å². The Balaban J connectivity index is 2.43. The smallest absolute Gasteiger partial charge is 0.0581 e. The van der Waals surface area contributed by atoms with E-state index in [1.54, 1.807) is 0 Å². The van der Waals surface area contributed by atoms with Crippen LogP contribution in [0.4, 0.5) is 0 Å². The van der Waals surface area contributed by atoms with Gasteiger partial charge < -0.3 is 10.6 Å². The first-order chi connectivity index (χ1) is 7.26. The van der Waals surface area contributed by atoms with Crippen molar-refractivity contribution in [2.75, 3.05) is 32.7 Å².